The fourth-order valence-electron chi connectivity index (χ4n) is 8.98. The summed E-state index contributed by atoms with van der Waals surface area (Å²) in [5.74, 6) is -2.39. The Bertz CT molecular complexity index is 1360. The van der Waals surface area contributed by atoms with Gasteiger partial charge >= 0.3 is 11.9 Å². The predicted molar refractivity (Wildman–Crippen MR) is 158 cm³/mol. The lowest BCUT2D eigenvalue weighted by Gasteiger charge is -2.60. The number of esters is 2. The molecule has 3 saturated carbocycles. The summed E-state index contributed by atoms with van der Waals surface area (Å²) in [4.78, 5) is 62.9. The number of fused-ring (bicyclic) bond motifs is 5. The standard InChI is InChI=1S/C34H43NO9/c1-32-15-13-22(36)17-21(32)9-10-23-24-14-16-34(42,33(24,2)18-25(37)29(23)32)26(38)19-44-28(40)12-11-27(39)35-30(31(41)43-3)20-7-5-4-6-8-20/h4-8,17,23-25,29-30,37,42H,9-16,18-19H2,1-3H3,(H,35,39). The highest BCUT2D eigenvalue weighted by atomic mass is 16.5. The van der Waals surface area contributed by atoms with Crippen molar-refractivity contribution in [3.8, 4) is 0 Å². The van der Waals surface area contributed by atoms with Gasteiger partial charge in [-0.05, 0) is 73.3 Å². The van der Waals surface area contributed by atoms with Crippen LogP contribution in [0.2, 0.25) is 0 Å². The minimum absolute atomic E-state index is 0.00706. The number of allylic oxidation sites excluding steroid dienone is 1. The van der Waals surface area contributed by atoms with Crippen LogP contribution in [-0.2, 0) is 33.4 Å². The Balaban J connectivity index is 1.18. The fraction of sp³-hybridized carbons (Fsp3) is 0.618. The Hall–Kier alpha value is -3.37. The van der Waals surface area contributed by atoms with Crippen LogP contribution >= 0.6 is 0 Å². The van der Waals surface area contributed by atoms with E-state index in [2.05, 4.69) is 12.2 Å². The number of amides is 1. The first-order valence-electron chi connectivity index (χ1n) is 15.6. The lowest BCUT2D eigenvalue weighted by atomic mass is 9.45. The number of ether oxygens (including phenoxy) is 2. The van der Waals surface area contributed by atoms with Crippen LogP contribution in [0.15, 0.2) is 42.0 Å². The van der Waals surface area contributed by atoms with Crippen molar-refractivity contribution in [3.63, 3.8) is 0 Å². The summed E-state index contributed by atoms with van der Waals surface area (Å²) >= 11 is 0. The van der Waals surface area contributed by atoms with Gasteiger partial charge in [0.15, 0.2) is 18.4 Å². The third kappa shape index (κ3) is 5.51. The first-order valence-corrected chi connectivity index (χ1v) is 15.6. The average molecular weight is 610 g/mol. The molecule has 8 atom stereocenters. The normalized spacial score (nSPS) is 34.8. The van der Waals surface area contributed by atoms with E-state index in [1.807, 2.05) is 6.92 Å². The van der Waals surface area contributed by atoms with Crippen molar-refractivity contribution in [1.29, 1.82) is 0 Å². The number of rotatable bonds is 9. The number of hydrogen-bond acceptors (Lipinski definition) is 9. The van der Waals surface area contributed by atoms with Crippen LogP contribution in [0, 0.1) is 28.6 Å². The van der Waals surface area contributed by atoms with Crippen LogP contribution < -0.4 is 5.32 Å². The molecule has 0 aromatic heterocycles. The Morgan fingerprint density at radius 3 is 2.48 bits per heavy atom. The highest BCUT2D eigenvalue weighted by Crippen LogP contribution is 2.67. The van der Waals surface area contributed by atoms with Crippen LogP contribution in [-0.4, -0.2) is 65.0 Å². The minimum atomic E-state index is -1.76. The fourth-order valence-corrected chi connectivity index (χ4v) is 8.98. The molecule has 3 N–H and O–H groups in total. The second-order valence-corrected chi connectivity index (χ2v) is 13.5. The molecule has 1 aromatic rings. The zero-order valence-corrected chi connectivity index (χ0v) is 25.7. The van der Waals surface area contributed by atoms with E-state index in [0.717, 1.165) is 18.4 Å². The van der Waals surface area contributed by atoms with E-state index in [1.165, 1.54) is 7.11 Å². The van der Waals surface area contributed by atoms with E-state index >= 15 is 0 Å². The number of nitrogens with one attached hydrogen (secondary N) is 1. The number of ketones is 2. The minimum Gasteiger partial charge on any atom is -0.467 e. The molecule has 238 valence electrons. The van der Waals surface area contributed by atoms with Crippen LogP contribution in [0.1, 0.15) is 83.2 Å². The Morgan fingerprint density at radius 1 is 1.05 bits per heavy atom. The second-order valence-electron chi connectivity index (χ2n) is 13.5. The van der Waals surface area contributed by atoms with Gasteiger partial charge in [-0.2, -0.15) is 0 Å². The lowest BCUT2D eigenvalue weighted by molar-refractivity contribution is -0.184. The van der Waals surface area contributed by atoms with Gasteiger partial charge in [0.2, 0.25) is 11.7 Å². The van der Waals surface area contributed by atoms with Gasteiger partial charge in [-0.3, -0.25) is 19.2 Å². The molecule has 44 heavy (non-hydrogen) atoms. The molecule has 0 bridgehead atoms. The summed E-state index contributed by atoms with van der Waals surface area (Å²) in [5.41, 5.74) is -1.28. The molecule has 0 spiro atoms. The summed E-state index contributed by atoms with van der Waals surface area (Å²) in [6.45, 7) is 3.39. The smallest absolute Gasteiger partial charge is 0.333 e. The van der Waals surface area contributed by atoms with Crippen LogP contribution in [0.5, 0.6) is 0 Å². The number of benzene rings is 1. The molecule has 10 nitrogen and oxygen atoms in total. The summed E-state index contributed by atoms with van der Waals surface area (Å²) in [5, 5.41) is 26.0. The van der Waals surface area contributed by atoms with Crippen LogP contribution in [0.3, 0.4) is 0 Å². The molecule has 1 aromatic carbocycles. The first kappa shape index (κ1) is 32.0. The molecule has 3 fully saturated rings. The Morgan fingerprint density at radius 2 is 1.77 bits per heavy atom. The van der Waals surface area contributed by atoms with Gasteiger partial charge in [-0.1, -0.05) is 49.8 Å². The van der Waals surface area contributed by atoms with Crippen molar-refractivity contribution >= 4 is 29.4 Å². The zero-order chi connectivity index (χ0) is 31.9. The largest absolute Gasteiger partial charge is 0.467 e. The number of Topliss-reactive ketones (excluding diaryl/α,β-unsaturated/α-hetero) is 1. The molecular formula is C34H43NO9. The van der Waals surface area contributed by atoms with Crippen molar-refractivity contribution in [2.45, 2.75) is 89.4 Å². The van der Waals surface area contributed by atoms with Crippen molar-refractivity contribution in [2.75, 3.05) is 13.7 Å². The highest BCUT2D eigenvalue weighted by molar-refractivity contribution is 5.92. The molecule has 0 saturated heterocycles. The lowest BCUT2D eigenvalue weighted by Crippen LogP contribution is -2.62. The predicted octanol–water partition coefficient (Wildman–Crippen LogP) is 3.14. The van der Waals surface area contributed by atoms with Gasteiger partial charge in [-0.25, -0.2) is 4.79 Å². The quantitative estimate of drug-likeness (QED) is 0.358. The molecule has 10 heteroatoms. The average Bonchev–Trinajstić information content (AvgIpc) is 3.28. The van der Waals surface area contributed by atoms with E-state index in [4.69, 9.17) is 9.47 Å². The molecule has 5 rings (SSSR count). The van der Waals surface area contributed by atoms with Gasteiger partial charge in [0.05, 0.1) is 19.6 Å². The van der Waals surface area contributed by atoms with Crippen molar-refractivity contribution in [3.05, 3.63) is 47.5 Å². The topological polar surface area (TPSA) is 156 Å². The van der Waals surface area contributed by atoms with Gasteiger partial charge < -0.3 is 25.0 Å². The number of aliphatic hydroxyl groups excluding tert-OH is 1. The van der Waals surface area contributed by atoms with E-state index < -0.39 is 53.4 Å². The van der Waals surface area contributed by atoms with E-state index in [1.54, 1.807) is 36.4 Å². The maximum Gasteiger partial charge on any atom is 0.333 e. The van der Waals surface area contributed by atoms with Crippen molar-refractivity contribution < 1.29 is 43.7 Å². The molecule has 4 aliphatic carbocycles. The maximum atomic E-state index is 13.5. The van der Waals surface area contributed by atoms with E-state index in [0.29, 0.717) is 24.8 Å². The van der Waals surface area contributed by atoms with Crippen molar-refractivity contribution in [2.24, 2.45) is 28.6 Å². The molecular weight excluding hydrogens is 566 g/mol. The summed E-state index contributed by atoms with van der Waals surface area (Å²) < 4.78 is 10.0. The van der Waals surface area contributed by atoms with E-state index in [-0.39, 0.29) is 54.6 Å². The van der Waals surface area contributed by atoms with Gasteiger partial charge in [0.25, 0.3) is 0 Å². The number of aliphatic hydroxyl groups is 2. The summed E-state index contributed by atoms with van der Waals surface area (Å²) in [7, 11) is 1.22. The Labute approximate surface area is 257 Å². The van der Waals surface area contributed by atoms with Gasteiger partial charge in [0, 0.05) is 18.3 Å². The third-order valence-corrected chi connectivity index (χ3v) is 11.3. The van der Waals surface area contributed by atoms with Gasteiger partial charge in [0.1, 0.15) is 5.60 Å². The Kier molecular flexibility index (Phi) is 8.88. The number of carbonyl (C=O) groups is 5. The monoisotopic (exact) mass is 609 g/mol. The number of carbonyl (C=O) groups excluding carboxylic acids is 5. The zero-order valence-electron chi connectivity index (χ0n) is 25.7. The number of methoxy groups -OCH3 is 1. The molecule has 0 heterocycles. The molecule has 0 aliphatic heterocycles. The second kappa shape index (κ2) is 12.2. The van der Waals surface area contributed by atoms with Crippen LogP contribution in [0.4, 0.5) is 0 Å². The molecule has 0 radical (unpaired) electrons. The van der Waals surface area contributed by atoms with Crippen molar-refractivity contribution in [1.82, 2.24) is 5.32 Å². The van der Waals surface area contributed by atoms with E-state index in [9.17, 15) is 34.2 Å². The summed E-state index contributed by atoms with van der Waals surface area (Å²) in [6.07, 6.45) is 4.25. The highest BCUT2D eigenvalue weighted by Gasteiger charge is 2.68. The first-order chi connectivity index (χ1) is 20.8. The maximum absolute atomic E-state index is 13.5. The third-order valence-electron chi connectivity index (χ3n) is 11.3. The summed E-state index contributed by atoms with van der Waals surface area (Å²) in [6, 6.07) is 7.54. The van der Waals surface area contributed by atoms with Crippen LogP contribution in [0.25, 0.3) is 0 Å². The SMILES string of the molecule is COC(=O)C(NC(=O)CCC(=O)OCC(=O)C1(O)CCC2C3CCC4=CC(=O)CCC4(C)C3C(O)CC21C)c1ccccc1. The molecule has 1 amide bonds. The molecule has 8 unspecified atom stereocenters. The number of hydrogen-bond donors (Lipinski definition) is 3. The van der Waals surface area contributed by atoms with Gasteiger partial charge in [-0.15, -0.1) is 0 Å². The molecule has 4 aliphatic rings.